The van der Waals surface area contributed by atoms with Gasteiger partial charge in [-0.1, -0.05) is 24.3 Å². The monoisotopic (exact) mass is 334 g/mol. The molecule has 0 amide bonds. The number of benzene rings is 2. The molecule has 126 valence electrons. The molecule has 0 bridgehead atoms. The molecule has 2 aromatic carbocycles. The molecule has 1 aromatic heterocycles. The molecule has 0 saturated heterocycles. The second-order valence-corrected chi connectivity index (χ2v) is 6.04. The summed E-state index contributed by atoms with van der Waals surface area (Å²) in [4.78, 5) is 17.0. The Bertz CT molecular complexity index is 1050. The predicted octanol–water partition coefficient (Wildman–Crippen LogP) is 2.84. The molecule has 6 heteroatoms. The molecular formula is C19H18N4O2. The van der Waals surface area contributed by atoms with Crippen LogP contribution in [0.25, 0.3) is 10.9 Å². The summed E-state index contributed by atoms with van der Waals surface area (Å²) in [5, 5.41) is 5.10. The lowest BCUT2D eigenvalue weighted by Crippen LogP contribution is -2.22. The number of nitrogens with zero attached hydrogens (tertiary/aromatic N) is 3. The minimum absolute atomic E-state index is 0.100. The second-order valence-electron chi connectivity index (χ2n) is 6.04. The first-order valence-electron chi connectivity index (χ1n) is 8.16. The molecule has 0 fully saturated rings. The zero-order chi connectivity index (χ0) is 17.4. The van der Waals surface area contributed by atoms with Gasteiger partial charge in [-0.2, -0.15) is 5.10 Å². The van der Waals surface area contributed by atoms with Crippen molar-refractivity contribution in [2.24, 2.45) is 12.1 Å². The molecular weight excluding hydrogens is 316 g/mol. The summed E-state index contributed by atoms with van der Waals surface area (Å²) in [7, 11) is 1.69. The number of rotatable bonds is 2. The van der Waals surface area contributed by atoms with E-state index in [2.05, 4.69) is 15.5 Å². The van der Waals surface area contributed by atoms with E-state index in [1.54, 1.807) is 13.1 Å². The van der Waals surface area contributed by atoms with Crippen molar-refractivity contribution in [2.75, 3.05) is 12.0 Å². The van der Waals surface area contributed by atoms with E-state index >= 15 is 0 Å². The summed E-state index contributed by atoms with van der Waals surface area (Å²) in [6.45, 7) is 2.60. The number of para-hydroxylation sites is 2. The minimum Gasteiger partial charge on any atom is -0.492 e. The van der Waals surface area contributed by atoms with Crippen molar-refractivity contribution in [1.82, 2.24) is 9.55 Å². The van der Waals surface area contributed by atoms with Gasteiger partial charge in [-0.3, -0.25) is 9.36 Å². The van der Waals surface area contributed by atoms with Gasteiger partial charge < -0.3 is 4.74 Å². The second kappa shape index (κ2) is 6.05. The average molecular weight is 334 g/mol. The Kier molecular flexibility index (Phi) is 3.72. The topological polar surface area (TPSA) is 68.5 Å². The van der Waals surface area contributed by atoms with Gasteiger partial charge in [-0.25, -0.2) is 10.4 Å². The molecule has 3 aromatic rings. The number of fused-ring (bicyclic) bond motifs is 2. The van der Waals surface area contributed by atoms with Crippen molar-refractivity contribution in [3.05, 3.63) is 63.9 Å². The maximum absolute atomic E-state index is 12.5. The molecule has 0 aliphatic carbocycles. The Labute approximate surface area is 144 Å². The number of hydrazone groups is 1. The number of hydrogen-bond acceptors (Lipinski definition) is 5. The molecule has 0 atom stereocenters. The maximum atomic E-state index is 12.5. The minimum atomic E-state index is -0.100. The van der Waals surface area contributed by atoms with Gasteiger partial charge in [0.1, 0.15) is 5.75 Å². The lowest BCUT2D eigenvalue weighted by molar-refractivity contribution is 0.318. The standard InChI is InChI=1S/C19H18N4O2/c1-12-6-5-8-13-16(10-11-25-17(12)13)21-22-19-20-15-9-4-3-7-14(15)18(24)23(19)2/h3-9H,10-11H2,1-2H3,(H,20,22)/b21-16-. The van der Waals surface area contributed by atoms with Crippen LogP contribution in [0.4, 0.5) is 5.95 Å². The molecule has 0 spiro atoms. The smallest absolute Gasteiger partial charge is 0.262 e. The molecule has 4 rings (SSSR count). The fourth-order valence-electron chi connectivity index (χ4n) is 3.01. The number of nitrogens with one attached hydrogen (secondary N) is 1. The molecule has 0 unspecified atom stereocenters. The van der Waals surface area contributed by atoms with E-state index in [1.807, 2.05) is 43.3 Å². The van der Waals surface area contributed by atoms with Crippen LogP contribution in [0, 0.1) is 6.92 Å². The molecule has 0 radical (unpaired) electrons. The highest BCUT2D eigenvalue weighted by atomic mass is 16.5. The van der Waals surface area contributed by atoms with Crippen LogP contribution in [0.1, 0.15) is 17.5 Å². The number of ether oxygens (including phenoxy) is 1. The van der Waals surface area contributed by atoms with Crippen LogP contribution < -0.4 is 15.7 Å². The average Bonchev–Trinajstić information content (AvgIpc) is 2.64. The highest BCUT2D eigenvalue weighted by Crippen LogP contribution is 2.28. The van der Waals surface area contributed by atoms with Gasteiger partial charge in [0.15, 0.2) is 0 Å². The van der Waals surface area contributed by atoms with E-state index in [0.29, 0.717) is 29.9 Å². The van der Waals surface area contributed by atoms with Crippen molar-refractivity contribution in [1.29, 1.82) is 0 Å². The van der Waals surface area contributed by atoms with Gasteiger partial charge in [-0.05, 0) is 30.7 Å². The maximum Gasteiger partial charge on any atom is 0.262 e. The van der Waals surface area contributed by atoms with Gasteiger partial charge in [0, 0.05) is 19.0 Å². The zero-order valence-corrected chi connectivity index (χ0v) is 14.1. The summed E-state index contributed by atoms with van der Waals surface area (Å²) in [5.41, 5.74) is 6.47. The van der Waals surface area contributed by atoms with E-state index in [9.17, 15) is 4.79 Å². The van der Waals surface area contributed by atoms with Gasteiger partial charge in [0.05, 0.1) is 23.2 Å². The normalized spacial score (nSPS) is 15.0. The fourth-order valence-corrected chi connectivity index (χ4v) is 3.01. The first kappa shape index (κ1) is 15.4. The summed E-state index contributed by atoms with van der Waals surface area (Å²) >= 11 is 0. The van der Waals surface area contributed by atoms with Crippen molar-refractivity contribution in [2.45, 2.75) is 13.3 Å². The summed E-state index contributed by atoms with van der Waals surface area (Å²) in [6, 6.07) is 13.3. The summed E-state index contributed by atoms with van der Waals surface area (Å²) < 4.78 is 7.23. The Morgan fingerprint density at radius 3 is 2.92 bits per heavy atom. The lowest BCUT2D eigenvalue weighted by Gasteiger charge is -2.20. The number of hydrogen-bond donors (Lipinski definition) is 1. The van der Waals surface area contributed by atoms with Crippen LogP contribution in [0.5, 0.6) is 5.75 Å². The Morgan fingerprint density at radius 2 is 2.04 bits per heavy atom. The van der Waals surface area contributed by atoms with Gasteiger partial charge in [0.2, 0.25) is 5.95 Å². The van der Waals surface area contributed by atoms with Crippen molar-refractivity contribution in [3.63, 3.8) is 0 Å². The quantitative estimate of drug-likeness (QED) is 0.732. The summed E-state index contributed by atoms with van der Waals surface area (Å²) in [6.07, 6.45) is 0.699. The predicted molar refractivity (Wildman–Crippen MR) is 98.4 cm³/mol. The van der Waals surface area contributed by atoms with Crippen LogP contribution >= 0.6 is 0 Å². The van der Waals surface area contributed by atoms with Crippen LogP contribution in [0.2, 0.25) is 0 Å². The van der Waals surface area contributed by atoms with E-state index in [0.717, 1.165) is 22.6 Å². The van der Waals surface area contributed by atoms with Crippen LogP contribution in [0.15, 0.2) is 52.4 Å². The van der Waals surface area contributed by atoms with Gasteiger partial charge in [-0.15, -0.1) is 0 Å². The molecule has 25 heavy (non-hydrogen) atoms. The number of aromatic nitrogens is 2. The Morgan fingerprint density at radius 1 is 1.20 bits per heavy atom. The van der Waals surface area contributed by atoms with Crippen molar-refractivity contribution in [3.8, 4) is 5.75 Å². The third-order valence-electron chi connectivity index (χ3n) is 4.38. The van der Waals surface area contributed by atoms with E-state index < -0.39 is 0 Å². The van der Waals surface area contributed by atoms with Crippen molar-refractivity contribution >= 4 is 22.6 Å². The van der Waals surface area contributed by atoms with E-state index in [1.165, 1.54) is 4.57 Å². The fraction of sp³-hybridized carbons (Fsp3) is 0.211. The zero-order valence-electron chi connectivity index (χ0n) is 14.1. The molecule has 0 saturated carbocycles. The first-order valence-corrected chi connectivity index (χ1v) is 8.16. The lowest BCUT2D eigenvalue weighted by atomic mass is 10.0. The third kappa shape index (κ3) is 2.65. The van der Waals surface area contributed by atoms with Crippen LogP contribution in [-0.2, 0) is 7.05 Å². The summed E-state index contributed by atoms with van der Waals surface area (Å²) in [5.74, 6) is 1.28. The van der Waals surface area contributed by atoms with E-state index in [-0.39, 0.29) is 5.56 Å². The first-order chi connectivity index (χ1) is 12.1. The van der Waals surface area contributed by atoms with Gasteiger partial charge in [0.25, 0.3) is 5.56 Å². The SMILES string of the molecule is Cc1cccc2c1OCC/C2=N/Nc1nc2ccccc2c(=O)n1C. The molecule has 6 nitrogen and oxygen atoms in total. The van der Waals surface area contributed by atoms with E-state index in [4.69, 9.17) is 4.74 Å². The highest BCUT2D eigenvalue weighted by molar-refractivity contribution is 6.04. The number of aryl methyl sites for hydroxylation is 1. The highest BCUT2D eigenvalue weighted by Gasteiger charge is 2.18. The molecule has 1 N–H and O–H groups in total. The van der Waals surface area contributed by atoms with Crippen molar-refractivity contribution < 1.29 is 4.74 Å². The Hall–Kier alpha value is -3.15. The van der Waals surface area contributed by atoms with Crippen LogP contribution in [0.3, 0.4) is 0 Å². The largest absolute Gasteiger partial charge is 0.492 e. The van der Waals surface area contributed by atoms with Gasteiger partial charge >= 0.3 is 0 Å². The Balaban J connectivity index is 1.74. The third-order valence-corrected chi connectivity index (χ3v) is 4.38. The molecule has 2 heterocycles. The van der Waals surface area contributed by atoms with Crippen LogP contribution in [-0.4, -0.2) is 21.9 Å². The number of anilines is 1. The molecule has 1 aliphatic rings. The molecule has 1 aliphatic heterocycles.